The van der Waals surface area contributed by atoms with Crippen molar-refractivity contribution in [2.45, 2.75) is 78.2 Å². The number of nitrogens with one attached hydrogen (secondary N) is 1. The number of carboxylic acids is 1. The highest BCUT2D eigenvalue weighted by Gasteiger charge is 2.19. The molecule has 0 aliphatic carbocycles. The maximum Gasteiger partial charge on any atom is 0.339 e. The van der Waals surface area contributed by atoms with Gasteiger partial charge in [0.05, 0.1) is 0 Å². The van der Waals surface area contributed by atoms with Crippen molar-refractivity contribution >= 4 is 22.8 Å². The van der Waals surface area contributed by atoms with E-state index in [-0.39, 0.29) is 12.2 Å². The van der Waals surface area contributed by atoms with Crippen LogP contribution < -0.4 is 15.7 Å². The fourth-order valence-corrected chi connectivity index (χ4v) is 3.53. The van der Waals surface area contributed by atoms with Crippen LogP contribution in [0, 0.1) is 6.92 Å². The molecular weight excluding hydrogens is 398 g/mol. The average Bonchev–Trinajstić information content (AvgIpc) is 2.74. The van der Waals surface area contributed by atoms with Crippen molar-refractivity contribution in [3.8, 4) is 5.75 Å². The van der Waals surface area contributed by atoms with Crippen LogP contribution in [0.15, 0.2) is 27.4 Å². The molecule has 170 valence electrons. The maximum atomic E-state index is 12.4. The van der Waals surface area contributed by atoms with Gasteiger partial charge in [-0.25, -0.2) is 9.59 Å². The van der Waals surface area contributed by atoms with Gasteiger partial charge in [-0.15, -0.1) is 0 Å². The van der Waals surface area contributed by atoms with E-state index in [0.29, 0.717) is 36.2 Å². The number of aryl methyl sites for hydroxylation is 1. The third-order valence-electron chi connectivity index (χ3n) is 5.39. The Bertz CT molecular complexity index is 949. The highest BCUT2D eigenvalue weighted by molar-refractivity contribution is 5.85. The second kappa shape index (κ2) is 12.1. The molecule has 0 bridgehead atoms. The molecule has 0 saturated heterocycles. The van der Waals surface area contributed by atoms with Gasteiger partial charge in [0, 0.05) is 17.0 Å². The van der Waals surface area contributed by atoms with E-state index in [1.54, 1.807) is 12.1 Å². The van der Waals surface area contributed by atoms with E-state index in [0.717, 1.165) is 43.1 Å². The summed E-state index contributed by atoms with van der Waals surface area (Å²) in [6.07, 6.45) is 6.96. The highest BCUT2D eigenvalue weighted by Crippen LogP contribution is 2.25. The van der Waals surface area contributed by atoms with Crippen molar-refractivity contribution in [2.75, 3.05) is 6.61 Å². The normalized spacial score (nSPS) is 12.0. The molecular formula is C24H33NO6. The quantitative estimate of drug-likeness (QED) is 0.360. The van der Waals surface area contributed by atoms with Gasteiger partial charge in [0.15, 0.2) is 6.61 Å². The Kier molecular flexibility index (Phi) is 9.56. The van der Waals surface area contributed by atoms with Crippen molar-refractivity contribution in [3.63, 3.8) is 0 Å². The lowest BCUT2D eigenvalue weighted by molar-refractivity contribution is -0.142. The van der Waals surface area contributed by atoms with Crippen LogP contribution in [0.25, 0.3) is 11.0 Å². The molecule has 2 N–H and O–H groups in total. The number of unbranched alkanes of at least 4 members (excludes halogenated alkanes) is 4. The Morgan fingerprint density at radius 3 is 2.55 bits per heavy atom. The Hall–Kier alpha value is -2.83. The molecule has 7 nitrogen and oxygen atoms in total. The summed E-state index contributed by atoms with van der Waals surface area (Å²) in [6, 6.07) is 4.19. The van der Waals surface area contributed by atoms with Gasteiger partial charge >= 0.3 is 11.6 Å². The van der Waals surface area contributed by atoms with Crippen molar-refractivity contribution in [3.05, 3.63) is 39.7 Å². The summed E-state index contributed by atoms with van der Waals surface area (Å²) in [6.45, 7) is 5.71. The molecule has 7 heteroatoms. The maximum absolute atomic E-state index is 12.4. The molecule has 1 unspecified atom stereocenters. The van der Waals surface area contributed by atoms with E-state index in [4.69, 9.17) is 9.15 Å². The van der Waals surface area contributed by atoms with Crippen LogP contribution in [0.1, 0.15) is 69.9 Å². The van der Waals surface area contributed by atoms with Crippen molar-refractivity contribution in [1.82, 2.24) is 5.32 Å². The van der Waals surface area contributed by atoms with Crippen LogP contribution in [0.5, 0.6) is 5.75 Å². The van der Waals surface area contributed by atoms with Crippen LogP contribution in [-0.4, -0.2) is 29.6 Å². The number of fused-ring (bicyclic) bond motifs is 1. The number of hydrogen-bond acceptors (Lipinski definition) is 5. The smallest absolute Gasteiger partial charge is 0.339 e. The van der Waals surface area contributed by atoms with Gasteiger partial charge < -0.3 is 19.6 Å². The number of hydrogen-bond donors (Lipinski definition) is 2. The third-order valence-corrected chi connectivity index (χ3v) is 5.39. The second-order valence-electron chi connectivity index (χ2n) is 7.85. The SMILES string of the molecule is CCCCCCc1c(C)c2ccc(OCC(=O)NC(CCCC)C(=O)O)cc2oc1=O. The van der Waals surface area contributed by atoms with E-state index in [1.807, 2.05) is 19.9 Å². The fourth-order valence-electron chi connectivity index (χ4n) is 3.53. The van der Waals surface area contributed by atoms with Gasteiger partial charge in [0.2, 0.25) is 0 Å². The van der Waals surface area contributed by atoms with Crippen LogP contribution in [0.4, 0.5) is 0 Å². The van der Waals surface area contributed by atoms with Crippen LogP contribution in [0.2, 0.25) is 0 Å². The first-order valence-electron chi connectivity index (χ1n) is 11.1. The number of benzene rings is 1. The van der Waals surface area contributed by atoms with E-state index in [2.05, 4.69) is 12.2 Å². The Labute approximate surface area is 182 Å². The molecule has 2 rings (SSSR count). The molecule has 0 aliphatic heterocycles. The van der Waals surface area contributed by atoms with E-state index in [9.17, 15) is 19.5 Å². The molecule has 0 radical (unpaired) electrons. The number of rotatable bonds is 13. The Balaban J connectivity index is 2.05. The minimum atomic E-state index is -1.06. The molecule has 1 amide bonds. The standard InChI is InChI=1S/C24H33NO6/c1-4-6-8-9-10-19-16(3)18-13-12-17(14-21(18)31-24(19)29)30-15-22(26)25-20(23(27)28)11-7-5-2/h12-14,20H,4-11,15H2,1-3H3,(H,25,26)(H,27,28). The number of carboxylic acid groups (broad SMARTS) is 1. The largest absolute Gasteiger partial charge is 0.484 e. The Morgan fingerprint density at radius 1 is 1.13 bits per heavy atom. The molecule has 0 fully saturated rings. The number of carbonyl (C=O) groups excluding carboxylic acids is 1. The Morgan fingerprint density at radius 2 is 1.87 bits per heavy atom. The summed E-state index contributed by atoms with van der Waals surface area (Å²) < 4.78 is 11.0. The molecule has 1 heterocycles. The second-order valence-corrected chi connectivity index (χ2v) is 7.85. The molecule has 1 aromatic carbocycles. The lowest BCUT2D eigenvalue weighted by atomic mass is 10.0. The minimum absolute atomic E-state index is 0.319. The predicted molar refractivity (Wildman–Crippen MR) is 120 cm³/mol. The van der Waals surface area contributed by atoms with E-state index in [1.165, 1.54) is 0 Å². The molecule has 1 aromatic heterocycles. The number of aliphatic carboxylic acids is 1. The number of amides is 1. The topological polar surface area (TPSA) is 106 Å². The van der Waals surface area contributed by atoms with Crippen molar-refractivity contribution in [2.24, 2.45) is 0 Å². The highest BCUT2D eigenvalue weighted by atomic mass is 16.5. The lowest BCUT2D eigenvalue weighted by Gasteiger charge is -2.14. The molecule has 0 spiro atoms. The van der Waals surface area contributed by atoms with Crippen LogP contribution in [-0.2, 0) is 16.0 Å². The summed E-state index contributed by atoms with van der Waals surface area (Å²) >= 11 is 0. The first-order chi connectivity index (χ1) is 14.9. The van der Waals surface area contributed by atoms with E-state index >= 15 is 0 Å². The van der Waals surface area contributed by atoms with Gasteiger partial charge in [0.1, 0.15) is 17.4 Å². The zero-order valence-corrected chi connectivity index (χ0v) is 18.7. The summed E-state index contributed by atoms with van der Waals surface area (Å²) in [5.41, 5.74) is 1.69. The third kappa shape index (κ3) is 7.12. The minimum Gasteiger partial charge on any atom is -0.484 e. The monoisotopic (exact) mass is 431 g/mol. The summed E-state index contributed by atoms with van der Waals surface area (Å²) in [5.74, 6) is -1.19. The number of carbonyl (C=O) groups is 2. The van der Waals surface area contributed by atoms with Crippen LogP contribution >= 0.6 is 0 Å². The van der Waals surface area contributed by atoms with E-state index < -0.39 is 17.9 Å². The van der Waals surface area contributed by atoms with Gasteiger partial charge in [-0.1, -0.05) is 46.0 Å². The van der Waals surface area contributed by atoms with Gasteiger partial charge in [-0.05, 0) is 43.9 Å². The lowest BCUT2D eigenvalue weighted by Crippen LogP contribution is -2.42. The zero-order chi connectivity index (χ0) is 22.8. The summed E-state index contributed by atoms with van der Waals surface area (Å²) in [4.78, 5) is 35.8. The molecule has 31 heavy (non-hydrogen) atoms. The molecule has 1 atom stereocenters. The zero-order valence-electron chi connectivity index (χ0n) is 18.7. The van der Waals surface area contributed by atoms with Crippen LogP contribution in [0.3, 0.4) is 0 Å². The summed E-state index contributed by atoms with van der Waals surface area (Å²) in [7, 11) is 0. The first-order valence-corrected chi connectivity index (χ1v) is 11.1. The molecule has 2 aromatic rings. The predicted octanol–water partition coefficient (Wildman–Crippen LogP) is 4.36. The number of ether oxygens (including phenoxy) is 1. The molecule has 0 saturated carbocycles. The van der Waals surface area contributed by atoms with Crippen molar-refractivity contribution < 1.29 is 23.8 Å². The first kappa shape index (κ1) is 24.4. The average molecular weight is 432 g/mol. The van der Waals surface area contributed by atoms with Gasteiger partial charge in [-0.3, -0.25) is 4.79 Å². The van der Waals surface area contributed by atoms with Crippen molar-refractivity contribution in [1.29, 1.82) is 0 Å². The van der Waals surface area contributed by atoms with Gasteiger partial charge in [0.25, 0.3) is 5.91 Å². The summed E-state index contributed by atoms with van der Waals surface area (Å²) in [5, 5.41) is 12.5. The fraction of sp³-hybridized carbons (Fsp3) is 0.542. The van der Waals surface area contributed by atoms with Gasteiger partial charge in [-0.2, -0.15) is 0 Å². The molecule has 0 aliphatic rings.